The van der Waals surface area contributed by atoms with Gasteiger partial charge in [0, 0.05) is 19.3 Å². The third-order valence-electron chi connectivity index (χ3n) is 2.63. The van der Waals surface area contributed by atoms with E-state index in [1.165, 1.54) is 11.9 Å². The summed E-state index contributed by atoms with van der Waals surface area (Å²) in [5.41, 5.74) is 0.371. The lowest BCUT2D eigenvalue weighted by Crippen LogP contribution is -2.29. The number of carboxylic acids is 1. The Morgan fingerprint density at radius 2 is 1.95 bits per heavy atom. The number of hydrogen-bond acceptors (Lipinski definition) is 3. The third kappa shape index (κ3) is 4.17. The first-order valence-electron chi connectivity index (χ1n) is 5.92. The Morgan fingerprint density at radius 1 is 1.32 bits per heavy atom. The second-order valence-electron chi connectivity index (χ2n) is 4.00. The van der Waals surface area contributed by atoms with E-state index in [0.29, 0.717) is 16.2 Å². The van der Waals surface area contributed by atoms with Crippen LogP contribution in [0.5, 0.6) is 0 Å². The van der Waals surface area contributed by atoms with Crippen LogP contribution in [-0.2, 0) is 15.6 Å². The fourth-order valence-electron chi connectivity index (χ4n) is 1.57. The quantitative estimate of drug-likeness (QED) is 0.855. The summed E-state index contributed by atoms with van der Waals surface area (Å²) < 4.78 is 11.9. The molecule has 0 heterocycles. The first-order chi connectivity index (χ1) is 8.97. The molecule has 1 N–H and O–H groups in total. The van der Waals surface area contributed by atoms with Gasteiger partial charge in [0.05, 0.1) is 27.7 Å². The maximum Gasteiger partial charge on any atom is 0.305 e. The molecule has 5 nitrogen and oxygen atoms in total. The van der Waals surface area contributed by atoms with Gasteiger partial charge >= 0.3 is 5.97 Å². The lowest BCUT2D eigenvalue weighted by molar-refractivity contribution is -0.137. The molecule has 1 unspecified atom stereocenters. The zero-order valence-corrected chi connectivity index (χ0v) is 11.8. The van der Waals surface area contributed by atoms with Gasteiger partial charge in [-0.2, -0.15) is 0 Å². The highest BCUT2D eigenvalue weighted by Crippen LogP contribution is 2.15. The van der Waals surface area contributed by atoms with Crippen LogP contribution >= 0.6 is 0 Å². The Bertz CT molecular complexity index is 501. The molecule has 19 heavy (non-hydrogen) atoms. The van der Waals surface area contributed by atoms with Gasteiger partial charge in [-0.1, -0.05) is 19.1 Å². The number of rotatable bonds is 6. The van der Waals surface area contributed by atoms with Gasteiger partial charge in [0.2, 0.25) is 0 Å². The number of carboxylic acid groups (broad SMARTS) is 1. The lowest BCUT2D eigenvalue weighted by atomic mass is 10.2. The van der Waals surface area contributed by atoms with Crippen LogP contribution in [0.2, 0.25) is 0 Å². The van der Waals surface area contributed by atoms with E-state index in [1.54, 1.807) is 31.2 Å². The zero-order chi connectivity index (χ0) is 14.4. The minimum Gasteiger partial charge on any atom is -0.481 e. The van der Waals surface area contributed by atoms with Crippen molar-refractivity contribution >= 4 is 22.7 Å². The van der Waals surface area contributed by atoms with Gasteiger partial charge in [-0.25, -0.2) is 0 Å². The molecule has 0 radical (unpaired) electrons. The second kappa shape index (κ2) is 7.04. The number of nitrogens with zero attached hydrogens (tertiary/aromatic N) is 1. The van der Waals surface area contributed by atoms with E-state index in [2.05, 4.69) is 0 Å². The molecule has 0 aliphatic carbocycles. The topological polar surface area (TPSA) is 74.7 Å². The molecule has 0 aliphatic heterocycles. The maximum atomic E-state index is 12.2. The Morgan fingerprint density at radius 3 is 2.53 bits per heavy atom. The summed E-state index contributed by atoms with van der Waals surface area (Å²) in [5.74, 6) is -0.827. The van der Waals surface area contributed by atoms with Gasteiger partial charge in [0.15, 0.2) is 0 Å². The summed E-state index contributed by atoms with van der Waals surface area (Å²) >= 11 is 0. The molecule has 0 bridgehead atoms. The Balaban J connectivity index is 2.93. The molecule has 1 rings (SSSR count). The largest absolute Gasteiger partial charge is 0.481 e. The highest BCUT2D eigenvalue weighted by atomic mass is 32.2. The summed E-state index contributed by atoms with van der Waals surface area (Å²) in [7, 11) is 0.323. The molecule has 0 saturated heterocycles. The van der Waals surface area contributed by atoms with Crippen molar-refractivity contribution in [2.45, 2.75) is 18.2 Å². The first kappa shape index (κ1) is 15.4. The van der Waals surface area contributed by atoms with Crippen LogP contribution in [0.25, 0.3) is 0 Å². The van der Waals surface area contributed by atoms with Crippen LogP contribution in [0.1, 0.15) is 23.7 Å². The molecule has 0 fully saturated rings. The fourth-order valence-corrected chi connectivity index (χ4v) is 2.51. The third-order valence-corrected chi connectivity index (χ3v) is 4.00. The molecule has 1 aromatic rings. The highest BCUT2D eigenvalue weighted by Gasteiger charge is 2.18. The number of amides is 1. The van der Waals surface area contributed by atoms with E-state index >= 15 is 0 Å². The Hall–Kier alpha value is -1.69. The van der Waals surface area contributed by atoms with E-state index < -0.39 is 16.8 Å². The molecule has 0 aliphatic rings. The smallest absolute Gasteiger partial charge is 0.305 e. The minimum absolute atomic E-state index is 0.110. The molecule has 1 aromatic carbocycles. The molecule has 1 amide bonds. The monoisotopic (exact) mass is 283 g/mol. The number of carbonyl (C=O) groups is 2. The van der Waals surface area contributed by atoms with Gasteiger partial charge in [-0.15, -0.1) is 0 Å². The maximum absolute atomic E-state index is 12.2. The van der Waals surface area contributed by atoms with Crippen LogP contribution in [-0.4, -0.2) is 45.4 Å². The summed E-state index contributed by atoms with van der Waals surface area (Å²) in [6, 6.07) is 6.71. The van der Waals surface area contributed by atoms with Crippen LogP contribution in [0.3, 0.4) is 0 Å². The molecule has 6 heteroatoms. The lowest BCUT2D eigenvalue weighted by Gasteiger charge is -2.17. The summed E-state index contributed by atoms with van der Waals surface area (Å²) in [6.45, 7) is 1.91. The van der Waals surface area contributed by atoms with Crippen molar-refractivity contribution < 1.29 is 18.9 Å². The van der Waals surface area contributed by atoms with Crippen LogP contribution in [0.15, 0.2) is 29.2 Å². The fraction of sp³-hybridized carbons (Fsp3) is 0.385. The minimum atomic E-state index is -1.22. The van der Waals surface area contributed by atoms with Gasteiger partial charge in [0.1, 0.15) is 0 Å². The van der Waals surface area contributed by atoms with Crippen molar-refractivity contribution in [3.05, 3.63) is 29.8 Å². The van der Waals surface area contributed by atoms with E-state index in [1.807, 2.05) is 0 Å². The number of carbonyl (C=O) groups excluding carboxylic acids is 1. The molecule has 1 atom stereocenters. The van der Waals surface area contributed by atoms with Crippen LogP contribution in [0.4, 0.5) is 0 Å². The summed E-state index contributed by atoms with van der Waals surface area (Å²) in [4.78, 5) is 24.5. The number of hydrogen-bond donors (Lipinski definition) is 1. The predicted octanol–water partition coefficient (Wildman–Crippen LogP) is 1.36. The number of aliphatic carboxylic acids is 1. The van der Waals surface area contributed by atoms with Crippen molar-refractivity contribution in [2.24, 2.45) is 0 Å². The van der Waals surface area contributed by atoms with Gasteiger partial charge in [0.25, 0.3) is 5.91 Å². The van der Waals surface area contributed by atoms with Gasteiger partial charge in [-0.05, 0) is 12.1 Å². The van der Waals surface area contributed by atoms with E-state index in [9.17, 15) is 13.8 Å². The van der Waals surface area contributed by atoms with Crippen molar-refractivity contribution in [3.8, 4) is 0 Å². The second-order valence-corrected chi connectivity index (χ2v) is 5.71. The van der Waals surface area contributed by atoms with E-state index in [4.69, 9.17) is 5.11 Å². The van der Waals surface area contributed by atoms with E-state index in [-0.39, 0.29) is 18.9 Å². The normalized spacial score (nSPS) is 11.9. The van der Waals surface area contributed by atoms with Crippen molar-refractivity contribution in [1.29, 1.82) is 0 Å². The molecule has 0 saturated carbocycles. The highest BCUT2D eigenvalue weighted by molar-refractivity contribution is 7.85. The van der Waals surface area contributed by atoms with Crippen molar-refractivity contribution in [1.82, 2.24) is 4.90 Å². The molecule has 0 aromatic heterocycles. The Labute approximate surface area is 114 Å². The van der Waals surface area contributed by atoms with Crippen LogP contribution < -0.4 is 0 Å². The predicted molar refractivity (Wildman–Crippen MR) is 72.6 cm³/mol. The van der Waals surface area contributed by atoms with Crippen molar-refractivity contribution in [3.63, 3.8) is 0 Å². The van der Waals surface area contributed by atoms with Gasteiger partial charge in [-0.3, -0.25) is 13.8 Å². The Kier molecular flexibility index (Phi) is 5.69. The SMILES string of the molecule is CCS(=O)c1ccccc1C(=O)N(C)CCC(=O)O. The van der Waals surface area contributed by atoms with Crippen molar-refractivity contribution in [2.75, 3.05) is 19.3 Å². The number of benzene rings is 1. The van der Waals surface area contributed by atoms with E-state index in [0.717, 1.165) is 0 Å². The van der Waals surface area contributed by atoms with Gasteiger partial charge < -0.3 is 10.0 Å². The average molecular weight is 283 g/mol. The first-order valence-corrected chi connectivity index (χ1v) is 7.24. The zero-order valence-electron chi connectivity index (χ0n) is 11.0. The average Bonchev–Trinajstić information content (AvgIpc) is 2.42. The molecule has 0 spiro atoms. The van der Waals surface area contributed by atoms with Crippen LogP contribution in [0, 0.1) is 0 Å². The summed E-state index contributed by atoms with van der Waals surface area (Å²) in [5, 5.41) is 8.61. The molecular weight excluding hydrogens is 266 g/mol. The molecule has 104 valence electrons. The molecular formula is C13H17NO4S. The standard InChI is InChI=1S/C13H17NO4S/c1-3-19(18)11-7-5-4-6-10(11)13(17)14(2)9-8-12(15)16/h4-7H,3,8-9H2,1-2H3,(H,15,16). The summed E-state index contributed by atoms with van der Waals surface area (Å²) in [6.07, 6.45) is -0.110.